The fraction of sp³-hybridized carbons (Fsp3) is 0.781. The molecule has 254 valence electrons. The van der Waals surface area contributed by atoms with Gasteiger partial charge in [0.1, 0.15) is 24.5 Å². The molecule has 3 aliphatic heterocycles. The molecule has 5 rings (SSSR count). The fourth-order valence-electron chi connectivity index (χ4n) is 7.26. The molecule has 8 atom stereocenters. The SMILES string of the molecule is CC(C)(C)c1ccc(NC(=O)NCCCN(CCO)CC2OC(N3CNC4C(N)NC(C5CCCCC5)NC43)C(O)C2O)cc1. The molecule has 45 heavy (non-hydrogen) atoms. The Bertz CT molecular complexity index is 1080. The van der Waals surface area contributed by atoms with Crippen LogP contribution < -0.4 is 32.3 Å². The molecule has 1 saturated carbocycles. The quantitative estimate of drug-likeness (QED) is 0.152. The van der Waals surface area contributed by atoms with Crippen LogP contribution in [0.15, 0.2) is 24.3 Å². The molecule has 3 heterocycles. The monoisotopic (exact) mass is 632 g/mol. The van der Waals surface area contributed by atoms with Gasteiger partial charge in [0.15, 0.2) is 0 Å². The lowest BCUT2D eigenvalue weighted by Gasteiger charge is -2.45. The van der Waals surface area contributed by atoms with Crippen LogP contribution >= 0.6 is 0 Å². The molecule has 3 saturated heterocycles. The molecule has 1 aromatic rings. The maximum absolute atomic E-state index is 12.4. The summed E-state index contributed by atoms with van der Waals surface area (Å²) in [5.41, 5.74) is 8.52. The van der Waals surface area contributed by atoms with Crippen molar-refractivity contribution in [2.24, 2.45) is 11.7 Å². The number of hydrogen-bond acceptors (Lipinski definition) is 11. The average Bonchev–Trinajstić information content (AvgIpc) is 3.56. The van der Waals surface area contributed by atoms with Crippen molar-refractivity contribution in [3.05, 3.63) is 29.8 Å². The highest BCUT2D eigenvalue weighted by Gasteiger charge is 2.53. The van der Waals surface area contributed by atoms with Gasteiger partial charge in [0.25, 0.3) is 0 Å². The Morgan fingerprint density at radius 2 is 1.82 bits per heavy atom. The average molecular weight is 633 g/mol. The number of rotatable bonds is 11. The number of benzene rings is 1. The number of carbonyl (C=O) groups is 1. The minimum atomic E-state index is -1.09. The number of urea groups is 1. The number of carbonyl (C=O) groups excluding carboxylic acids is 1. The number of amides is 2. The Hall–Kier alpha value is -1.91. The Kier molecular flexibility index (Phi) is 11.7. The van der Waals surface area contributed by atoms with Crippen LogP contribution in [0.5, 0.6) is 0 Å². The van der Waals surface area contributed by atoms with E-state index in [1.165, 1.54) is 24.8 Å². The third-order valence-electron chi connectivity index (χ3n) is 9.90. The van der Waals surface area contributed by atoms with Crippen LogP contribution in [0.3, 0.4) is 0 Å². The van der Waals surface area contributed by atoms with Gasteiger partial charge >= 0.3 is 6.03 Å². The van der Waals surface area contributed by atoms with Crippen molar-refractivity contribution in [3.8, 4) is 0 Å². The van der Waals surface area contributed by atoms with Gasteiger partial charge in [-0.2, -0.15) is 0 Å². The van der Waals surface area contributed by atoms with E-state index in [4.69, 9.17) is 10.5 Å². The summed E-state index contributed by atoms with van der Waals surface area (Å²) in [5, 5.41) is 48.3. The first kappa shape index (κ1) is 34.4. The van der Waals surface area contributed by atoms with Crippen molar-refractivity contribution < 1.29 is 24.9 Å². The van der Waals surface area contributed by atoms with Gasteiger partial charge in [0.2, 0.25) is 0 Å². The van der Waals surface area contributed by atoms with Crippen molar-refractivity contribution in [2.45, 2.75) is 114 Å². The van der Waals surface area contributed by atoms with Gasteiger partial charge in [-0.3, -0.25) is 20.9 Å². The van der Waals surface area contributed by atoms with E-state index in [9.17, 15) is 20.1 Å². The molecule has 13 nitrogen and oxygen atoms in total. The summed E-state index contributed by atoms with van der Waals surface area (Å²) in [5.74, 6) is 0.508. The topological polar surface area (TPSA) is 180 Å². The van der Waals surface area contributed by atoms with Gasteiger partial charge in [-0.25, -0.2) is 9.69 Å². The molecule has 0 radical (unpaired) electrons. The van der Waals surface area contributed by atoms with E-state index in [2.05, 4.69) is 47.4 Å². The first-order valence-electron chi connectivity index (χ1n) is 16.8. The van der Waals surface area contributed by atoms with E-state index in [0.717, 1.165) is 18.5 Å². The Morgan fingerprint density at radius 1 is 1.09 bits per heavy atom. The van der Waals surface area contributed by atoms with E-state index in [1.807, 2.05) is 34.1 Å². The van der Waals surface area contributed by atoms with E-state index < -0.39 is 24.5 Å². The van der Waals surface area contributed by atoms with Crippen LogP contribution in [0, 0.1) is 5.92 Å². The second-order valence-electron chi connectivity index (χ2n) is 14.2. The molecule has 1 aliphatic carbocycles. The highest BCUT2D eigenvalue weighted by Crippen LogP contribution is 2.32. The summed E-state index contributed by atoms with van der Waals surface area (Å²) >= 11 is 0. The lowest BCUT2D eigenvalue weighted by atomic mass is 9.85. The lowest BCUT2D eigenvalue weighted by molar-refractivity contribution is -0.111. The van der Waals surface area contributed by atoms with E-state index in [1.54, 1.807) is 0 Å². The predicted octanol–water partition coefficient (Wildman–Crippen LogP) is 0.178. The van der Waals surface area contributed by atoms with Gasteiger partial charge in [0.05, 0.1) is 37.8 Å². The number of fused-ring (bicyclic) bond motifs is 1. The van der Waals surface area contributed by atoms with E-state index >= 15 is 0 Å². The molecule has 8 unspecified atom stereocenters. The maximum Gasteiger partial charge on any atom is 0.319 e. The number of ether oxygens (including phenoxy) is 1. The number of nitrogens with zero attached hydrogens (tertiary/aromatic N) is 2. The van der Waals surface area contributed by atoms with Gasteiger partial charge in [-0.05, 0) is 48.3 Å². The molecule has 0 spiro atoms. The number of nitrogens with one attached hydrogen (secondary N) is 5. The summed E-state index contributed by atoms with van der Waals surface area (Å²) in [6.07, 6.45) is 2.93. The smallest absolute Gasteiger partial charge is 0.319 e. The summed E-state index contributed by atoms with van der Waals surface area (Å²) < 4.78 is 6.33. The lowest BCUT2D eigenvalue weighted by Crippen LogP contribution is -2.73. The maximum atomic E-state index is 12.4. The molecule has 0 bridgehead atoms. The third kappa shape index (κ3) is 8.52. The molecule has 10 N–H and O–H groups in total. The standard InChI is InChI=1S/C32H56N8O5/c1-32(2,3)21-10-12-22(13-11-21)36-31(44)34-14-7-15-39(16-17-41)18-23-25(42)26(43)30(45-23)40-19-35-24-27(33)37-28(38-29(24)40)20-8-5-4-6-9-20/h10-13,20,23-30,35,37-38,41-43H,4-9,14-19,33H2,1-3H3,(H2,34,36,44). The Morgan fingerprint density at radius 3 is 2.51 bits per heavy atom. The molecule has 2 amide bonds. The second-order valence-corrected chi connectivity index (χ2v) is 14.2. The van der Waals surface area contributed by atoms with Crippen LogP contribution in [-0.2, 0) is 10.2 Å². The van der Waals surface area contributed by atoms with Crippen molar-refractivity contribution in [2.75, 3.05) is 44.8 Å². The normalized spacial score (nSPS) is 33.0. The van der Waals surface area contributed by atoms with Crippen molar-refractivity contribution >= 4 is 11.7 Å². The Labute approximate surface area is 267 Å². The minimum absolute atomic E-state index is 0.0461. The van der Waals surface area contributed by atoms with Crippen molar-refractivity contribution in [1.82, 2.24) is 31.1 Å². The molecule has 0 aromatic heterocycles. The van der Waals surface area contributed by atoms with E-state index in [0.29, 0.717) is 45.2 Å². The number of nitrogens with two attached hydrogens (primary N) is 1. The Balaban J connectivity index is 1.09. The zero-order chi connectivity index (χ0) is 32.1. The van der Waals surface area contributed by atoms with E-state index in [-0.39, 0.29) is 42.6 Å². The number of aliphatic hydroxyl groups excluding tert-OH is 3. The second kappa shape index (κ2) is 15.3. The number of anilines is 1. The molecule has 4 aliphatic rings. The van der Waals surface area contributed by atoms with Gasteiger partial charge in [0, 0.05) is 31.9 Å². The van der Waals surface area contributed by atoms with Gasteiger partial charge in [-0.1, -0.05) is 52.2 Å². The summed E-state index contributed by atoms with van der Waals surface area (Å²) in [4.78, 5) is 16.5. The highest BCUT2D eigenvalue weighted by atomic mass is 16.6. The van der Waals surface area contributed by atoms with Crippen LogP contribution in [0.1, 0.15) is 64.9 Å². The van der Waals surface area contributed by atoms with Gasteiger partial charge in [-0.15, -0.1) is 0 Å². The number of hydrogen-bond donors (Lipinski definition) is 9. The van der Waals surface area contributed by atoms with Crippen LogP contribution in [-0.4, -0.2) is 120 Å². The van der Waals surface area contributed by atoms with Gasteiger partial charge < -0.3 is 36.4 Å². The van der Waals surface area contributed by atoms with Crippen LogP contribution in [0.2, 0.25) is 0 Å². The molecule has 4 fully saturated rings. The fourth-order valence-corrected chi connectivity index (χ4v) is 7.26. The zero-order valence-corrected chi connectivity index (χ0v) is 27.1. The highest BCUT2D eigenvalue weighted by molar-refractivity contribution is 5.89. The summed E-state index contributed by atoms with van der Waals surface area (Å²) in [6.45, 7) is 8.63. The summed E-state index contributed by atoms with van der Waals surface area (Å²) in [7, 11) is 0. The molecule has 13 heteroatoms. The van der Waals surface area contributed by atoms with Crippen molar-refractivity contribution in [1.29, 1.82) is 0 Å². The minimum Gasteiger partial charge on any atom is -0.395 e. The number of aliphatic hydroxyl groups is 3. The molecular weight excluding hydrogens is 576 g/mol. The van der Waals surface area contributed by atoms with Crippen LogP contribution in [0.4, 0.5) is 10.5 Å². The third-order valence-corrected chi connectivity index (χ3v) is 9.90. The predicted molar refractivity (Wildman–Crippen MR) is 173 cm³/mol. The van der Waals surface area contributed by atoms with Crippen molar-refractivity contribution in [3.63, 3.8) is 0 Å². The largest absolute Gasteiger partial charge is 0.395 e. The molecular formula is C32H56N8O5. The molecule has 1 aromatic carbocycles. The first-order chi connectivity index (χ1) is 21.5. The van der Waals surface area contributed by atoms with Crippen LogP contribution in [0.25, 0.3) is 0 Å². The first-order valence-corrected chi connectivity index (χ1v) is 16.8. The summed E-state index contributed by atoms with van der Waals surface area (Å²) in [6, 6.07) is 7.52. The zero-order valence-electron chi connectivity index (χ0n) is 27.1.